The number of hydrogen-bond acceptors (Lipinski definition) is 4. The number of anilines is 2. The standard InChI is InChI=1S/C15H24N2.C7H8O3S/c1-3-5-6-9-12-17-13-16(4-2)14-10-7-8-11-15(14)17;1-6-2-4-7(5-3-6)11(8,9)10/h7-8,10-11H,3-6,9,12-13H2,1-2H3;2-5H,1H3,(H,8,9,10). The Kier molecular flexibility index (Phi) is 8.33. The van der Waals surface area contributed by atoms with Crippen molar-refractivity contribution in [2.75, 3.05) is 29.6 Å². The average molecular weight is 405 g/mol. The molecule has 2 aromatic carbocycles. The summed E-state index contributed by atoms with van der Waals surface area (Å²) in [6, 6.07) is 14.8. The van der Waals surface area contributed by atoms with Crippen molar-refractivity contribution in [1.29, 1.82) is 0 Å². The Bertz CT molecular complexity index is 835. The molecule has 154 valence electrons. The maximum atomic E-state index is 10.5. The number of aryl methyl sites for hydroxylation is 1. The van der Waals surface area contributed by atoms with Crippen molar-refractivity contribution < 1.29 is 13.0 Å². The van der Waals surface area contributed by atoms with Gasteiger partial charge in [0.05, 0.1) is 22.9 Å². The minimum Gasteiger partial charge on any atom is -0.352 e. The first kappa shape index (κ1) is 22.2. The first-order valence-electron chi connectivity index (χ1n) is 10.00. The fourth-order valence-electron chi connectivity index (χ4n) is 3.26. The molecule has 0 aromatic heterocycles. The topological polar surface area (TPSA) is 60.9 Å². The molecule has 0 saturated heterocycles. The number of nitrogens with zero attached hydrogens (tertiary/aromatic N) is 2. The smallest absolute Gasteiger partial charge is 0.294 e. The van der Waals surface area contributed by atoms with E-state index < -0.39 is 10.1 Å². The molecule has 1 N–H and O–H groups in total. The van der Waals surface area contributed by atoms with Gasteiger partial charge in [0, 0.05) is 13.1 Å². The summed E-state index contributed by atoms with van der Waals surface area (Å²) in [5.74, 6) is 0. The molecule has 0 atom stereocenters. The summed E-state index contributed by atoms with van der Waals surface area (Å²) >= 11 is 0. The van der Waals surface area contributed by atoms with Crippen molar-refractivity contribution in [2.45, 2.75) is 51.3 Å². The van der Waals surface area contributed by atoms with Gasteiger partial charge in [-0.3, -0.25) is 4.55 Å². The van der Waals surface area contributed by atoms with Gasteiger partial charge in [0.25, 0.3) is 10.1 Å². The van der Waals surface area contributed by atoms with Gasteiger partial charge in [-0.05, 0) is 44.5 Å². The monoisotopic (exact) mass is 404 g/mol. The van der Waals surface area contributed by atoms with Crippen molar-refractivity contribution in [3.63, 3.8) is 0 Å². The zero-order chi connectivity index (χ0) is 20.6. The molecule has 0 saturated carbocycles. The number of benzene rings is 2. The third-order valence-corrected chi connectivity index (χ3v) is 5.75. The molecule has 0 radical (unpaired) electrons. The lowest BCUT2D eigenvalue weighted by atomic mass is 10.2. The second kappa shape index (κ2) is 10.5. The molecule has 0 fully saturated rings. The molecule has 5 nitrogen and oxygen atoms in total. The third kappa shape index (κ3) is 6.24. The Morgan fingerprint density at radius 2 is 1.50 bits per heavy atom. The highest BCUT2D eigenvalue weighted by Crippen LogP contribution is 2.35. The van der Waals surface area contributed by atoms with Crippen LogP contribution in [0.15, 0.2) is 53.4 Å². The van der Waals surface area contributed by atoms with Gasteiger partial charge >= 0.3 is 0 Å². The van der Waals surface area contributed by atoms with Crippen LogP contribution in [0.25, 0.3) is 0 Å². The van der Waals surface area contributed by atoms with E-state index in [2.05, 4.69) is 47.9 Å². The van der Waals surface area contributed by atoms with E-state index in [1.165, 1.54) is 55.7 Å². The number of rotatable bonds is 7. The van der Waals surface area contributed by atoms with Gasteiger partial charge in [0.15, 0.2) is 0 Å². The van der Waals surface area contributed by atoms with Crippen LogP contribution in [0.3, 0.4) is 0 Å². The first-order valence-corrected chi connectivity index (χ1v) is 11.4. The van der Waals surface area contributed by atoms with E-state index in [1.807, 2.05) is 6.92 Å². The molecule has 1 heterocycles. The van der Waals surface area contributed by atoms with Crippen LogP contribution >= 0.6 is 0 Å². The third-order valence-electron chi connectivity index (χ3n) is 4.89. The maximum absolute atomic E-state index is 10.5. The molecule has 1 aliphatic rings. The van der Waals surface area contributed by atoms with Gasteiger partial charge in [-0.25, -0.2) is 0 Å². The summed E-state index contributed by atoms with van der Waals surface area (Å²) in [6.45, 7) is 9.72. The minimum atomic E-state index is -4.02. The van der Waals surface area contributed by atoms with Gasteiger partial charge in [-0.2, -0.15) is 8.42 Å². The first-order chi connectivity index (χ1) is 13.4. The van der Waals surface area contributed by atoms with E-state index in [9.17, 15) is 8.42 Å². The molecule has 1 aliphatic heterocycles. The summed E-state index contributed by atoms with van der Waals surface area (Å²) in [5.41, 5.74) is 3.79. The Balaban J connectivity index is 0.000000221. The molecule has 0 spiro atoms. The molecule has 2 aromatic rings. The Morgan fingerprint density at radius 3 is 2.04 bits per heavy atom. The van der Waals surface area contributed by atoms with E-state index in [4.69, 9.17) is 4.55 Å². The van der Waals surface area contributed by atoms with Gasteiger partial charge in [-0.1, -0.05) is 56.0 Å². The van der Waals surface area contributed by atoms with Crippen LogP contribution in [0.1, 0.15) is 45.1 Å². The molecule has 0 aliphatic carbocycles. The van der Waals surface area contributed by atoms with Crippen LogP contribution in [0.4, 0.5) is 11.4 Å². The van der Waals surface area contributed by atoms with Gasteiger partial charge < -0.3 is 9.80 Å². The second-order valence-electron chi connectivity index (χ2n) is 7.10. The molecule has 0 bridgehead atoms. The molecule has 0 unspecified atom stereocenters. The van der Waals surface area contributed by atoms with E-state index in [-0.39, 0.29) is 4.90 Å². The van der Waals surface area contributed by atoms with E-state index in [1.54, 1.807) is 12.1 Å². The zero-order valence-corrected chi connectivity index (χ0v) is 18.0. The van der Waals surface area contributed by atoms with E-state index in [0.717, 1.165) is 18.8 Å². The van der Waals surface area contributed by atoms with Gasteiger partial charge in [0.1, 0.15) is 0 Å². The summed E-state index contributed by atoms with van der Waals surface area (Å²) in [4.78, 5) is 4.91. The largest absolute Gasteiger partial charge is 0.352 e. The van der Waals surface area contributed by atoms with Crippen LogP contribution in [-0.4, -0.2) is 32.7 Å². The van der Waals surface area contributed by atoms with Crippen molar-refractivity contribution in [3.05, 3.63) is 54.1 Å². The highest BCUT2D eigenvalue weighted by atomic mass is 32.2. The minimum absolute atomic E-state index is 0.0666. The van der Waals surface area contributed by atoms with Crippen LogP contribution in [0.2, 0.25) is 0 Å². The molecule has 3 rings (SSSR count). The average Bonchev–Trinajstić information content (AvgIpc) is 3.03. The Morgan fingerprint density at radius 1 is 0.893 bits per heavy atom. The maximum Gasteiger partial charge on any atom is 0.294 e. The molecular formula is C22H32N2O3S. The zero-order valence-electron chi connectivity index (χ0n) is 17.1. The van der Waals surface area contributed by atoms with Crippen LogP contribution in [0.5, 0.6) is 0 Å². The number of unbranched alkanes of at least 4 members (excludes halogenated alkanes) is 3. The summed E-state index contributed by atoms with van der Waals surface area (Å²) in [7, 11) is -4.02. The predicted octanol–water partition coefficient (Wildman–Crippen LogP) is 5.11. The highest BCUT2D eigenvalue weighted by molar-refractivity contribution is 7.85. The van der Waals surface area contributed by atoms with E-state index in [0.29, 0.717) is 0 Å². The lowest BCUT2D eigenvalue weighted by Gasteiger charge is -2.20. The van der Waals surface area contributed by atoms with Crippen molar-refractivity contribution in [1.82, 2.24) is 0 Å². The summed E-state index contributed by atoms with van der Waals surface area (Å²) < 4.78 is 29.6. The fourth-order valence-corrected chi connectivity index (χ4v) is 3.74. The Labute approximate surface area is 169 Å². The van der Waals surface area contributed by atoms with Gasteiger partial charge in [0.2, 0.25) is 0 Å². The van der Waals surface area contributed by atoms with Crippen molar-refractivity contribution in [3.8, 4) is 0 Å². The number of fused-ring (bicyclic) bond motifs is 1. The molecule has 6 heteroatoms. The van der Waals surface area contributed by atoms with Crippen LogP contribution in [-0.2, 0) is 10.1 Å². The molecule has 28 heavy (non-hydrogen) atoms. The highest BCUT2D eigenvalue weighted by Gasteiger charge is 2.23. The quantitative estimate of drug-likeness (QED) is 0.513. The predicted molar refractivity (Wildman–Crippen MR) is 117 cm³/mol. The Hall–Kier alpha value is -2.05. The fraction of sp³-hybridized carbons (Fsp3) is 0.455. The lowest BCUT2D eigenvalue weighted by Crippen LogP contribution is -2.31. The second-order valence-corrected chi connectivity index (χ2v) is 8.52. The molecule has 0 amide bonds. The number of para-hydroxylation sites is 2. The lowest BCUT2D eigenvalue weighted by molar-refractivity contribution is 0.483. The van der Waals surface area contributed by atoms with Crippen molar-refractivity contribution in [2.24, 2.45) is 0 Å². The SMILES string of the molecule is CCCCCCN1CN(CC)c2ccccc21.Cc1ccc(S(=O)(=O)O)cc1. The van der Waals surface area contributed by atoms with E-state index >= 15 is 0 Å². The van der Waals surface area contributed by atoms with Crippen LogP contribution < -0.4 is 9.80 Å². The van der Waals surface area contributed by atoms with Crippen molar-refractivity contribution >= 4 is 21.5 Å². The summed E-state index contributed by atoms with van der Waals surface area (Å²) in [6.07, 6.45) is 5.37. The molecular weight excluding hydrogens is 372 g/mol. The normalized spacial score (nSPS) is 13.1. The number of hydrogen-bond donors (Lipinski definition) is 1. The summed E-state index contributed by atoms with van der Waals surface area (Å²) in [5, 5.41) is 0. The van der Waals surface area contributed by atoms with Gasteiger partial charge in [-0.15, -0.1) is 0 Å². The van der Waals surface area contributed by atoms with Crippen LogP contribution in [0, 0.1) is 6.92 Å².